The van der Waals surface area contributed by atoms with Gasteiger partial charge in [0.1, 0.15) is 11.9 Å². The molecule has 6 heteroatoms. The van der Waals surface area contributed by atoms with Gasteiger partial charge in [-0.2, -0.15) is 0 Å². The standard InChI is InChI=1S/C29H35N3O3/c1-35-29(34)22-14-10-13-21(19-22)27-31-24-17-8-9-18-25(24)32(27)26(20-11-4-2-5-12-20)28(33)30-23-15-6-3-7-16-23/h8-10,13-14,17-20,23,26H,2-7,11-12,15-16H2,1H3,(H,30,33). The second-order valence-corrected chi connectivity index (χ2v) is 10.1. The number of rotatable bonds is 6. The van der Waals surface area contributed by atoms with E-state index in [0.717, 1.165) is 60.9 Å². The fraction of sp³-hybridized carbons (Fsp3) is 0.483. The highest BCUT2D eigenvalue weighted by molar-refractivity contribution is 5.92. The molecule has 3 aromatic rings. The van der Waals surface area contributed by atoms with Crippen LogP contribution in [-0.4, -0.2) is 34.6 Å². The summed E-state index contributed by atoms with van der Waals surface area (Å²) < 4.78 is 7.10. The first-order valence-corrected chi connectivity index (χ1v) is 13.1. The summed E-state index contributed by atoms with van der Waals surface area (Å²) in [6.07, 6.45) is 11.3. The van der Waals surface area contributed by atoms with Crippen LogP contribution in [0.3, 0.4) is 0 Å². The summed E-state index contributed by atoms with van der Waals surface area (Å²) in [4.78, 5) is 31.3. The van der Waals surface area contributed by atoms with Crippen molar-refractivity contribution in [1.82, 2.24) is 14.9 Å². The molecule has 1 N–H and O–H groups in total. The highest BCUT2D eigenvalue weighted by Crippen LogP contribution is 2.38. The van der Waals surface area contributed by atoms with E-state index >= 15 is 0 Å². The summed E-state index contributed by atoms with van der Waals surface area (Å²) in [7, 11) is 1.39. The number of hydrogen-bond donors (Lipinski definition) is 1. The molecular weight excluding hydrogens is 438 g/mol. The van der Waals surface area contributed by atoms with E-state index in [-0.39, 0.29) is 29.9 Å². The van der Waals surface area contributed by atoms with Gasteiger partial charge < -0.3 is 14.6 Å². The van der Waals surface area contributed by atoms with Gasteiger partial charge in [0.25, 0.3) is 0 Å². The Balaban J connectivity index is 1.62. The summed E-state index contributed by atoms with van der Waals surface area (Å²) in [5.74, 6) is 0.713. The van der Waals surface area contributed by atoms with E-state index in [1.807, 2.05) is 36.4 Å². The average Bonchev–Trinajstić information content (AvgIpc) is 3.29. The predicted molar refractivity (Wildman–Crippen MR) is 137 cm³/mol. The Morgan fingerprint density at radius 3 is 2.40 bits per heavy atom. The molecule has 1 amide bonds. The molecule has 1 unspecified atom stereocenters. The molecule has 2 aliphatic carbocycles. The summed E-state index contributed by atoms with van der Waals surface area (Å²) >= 11 is 0. The van der Waals surface area contributed by atoms with Crippen molar-refractivity contribution in [1.29, 1.82) is 0 Å². The van der Waals surface area contributed by atoms with Crippen molar-refractivity contribution >= 4 is 22.9 Å². The summed E-state index contributed by atoms with van der Waals surface area (Å²) in [5, 5.41) is 3.43. The van der Waals surface area contributed by atoms with Crippen LogP contribution in [0.15, 0.2) is 48.5 Å². The second kappa shape index (κ2) is 10.6. The van der Waals surface area contributed by atoms with Crippen molar-refractivity contribution in [2.45, 2.75) is 76.3 Å². The highest BCUT2D eigenvalue weighted by Gasteiger charge is 2.35. The van der Waals surface area contributed by atoms with E-state index in [9.17, 15) is 9.59 Å². The average molecular weight is 474 g/mol. The lowest BCUT2D eigenvalue weighted by molar-refractivity contribution is -0.127. The van der Waals surface area contributed by atoms with E-state index in [4.69, 9.17) is 9.72 Å². The number of imidazole rings is 1. The first-order valence-electron chi connectivity index (χ1n) is 13.1. The molecule has 5 rings (SSSR count). The number of aromatic nitrogens is 2. The Bertz CT molecular complexity index is 1190. The zero-order valence-electron chi connectivity index (χ0n) is 20.5. The number of esters is 1. The molecule has 0 spiro atoms. The maximum Gasteiger partial charge on any atom is 0.337 e. The number of nitrogens with zero attached hydrogens (tertiary/aromatic N) is 2. The normalized spacial score (nSPS) is 18.3. The van der Waals surface area contributed by atoms with Gasteiger partial charge in [-0.25, -0.2) is 9.78 Å². The number of ether oxygens (including phenoxy) is 1. The molecule has 1 atom stereocenters. The van der Waals surface area contributed by atoms with Gasteiger partial charge in [-0.15, -0.1) is 0 Å². The van der Waals surface area contributed by atoms with Gasteiger partial charge in [-0.3, -0.25) is 4.79 Å². The SMILES string of the molecule is COC(=O)c1cccc(-c2nc3ccccc3n2C(C(=O)NC2CCCCC2)C2CCCCC2)c1. The number of para-hydroxylation sites is 2. The van der Waals surface area contributed by atoms with Crippen molar-refractivity contribution in [3.63, 3.8) is 0 Å². The Morgan fingerprint density at radius 2 is 1.66 bits per heavy atom. The summed E-state index contributed by atoms with van der Waals surface area (Å²) in [6.45, 7) is 0. The Kier molecular flexibility index (Phi) is 7.16. The van der Waals surface area contributed by atoms with Crippen molar-refractivity contribution in [3.05, 3.63) is 54.1 Å². The molecule has 0 radical (unpaired) electrons. The number of amides is 1. The van der Waals surface area contributed by atoms with Crippen LogP contribution < -0.4 is 5.32 Å². The second-order valence-electron chi connectivity index (χ2n) is 10.1. The summed E-state index contributed by atoms with van der Waals surface area (Å²) in [5.41, 5.74) is 3.11. The Hall–Kier alpha value is -3.15. The van der Waals surface area contributed by atoms with Gasteiger partial charge in [0.2, 0.25) is 5.91 Å². The molecule has 2 fully saturated rings. The lowest BCUT2D eigenvalue weighted by Crippen LogP contribution is -2.43. The molecule has 2 aliphatic rings. The quantitative estimate of drug-likeness (QED) is 0.442. The minimum Gasteiger partial charge on any atom is -0.465 e. The maximum absolute atomic E-state index is 14.0. The molecule has 0 bridgehead atoms. The van der Waals surface area contributed by atoms with Crippen molar-refractivity contribution in [2.75, 3.05) is 7.11 Å². The minimum absolute atomic E-state index is 0.109. The lowest BCUT2D eigenvalue weighted by atomic mass is 9.82. The zero-order valence-corrected chi connectivity index (χ0v) is 20.5. The largest absolute Gasteiger partial charge is 0.465 e. The Labute approximate surface area is 207 Å². The number of carbonyl (C=O) groups excluding carboxylic acids is 2. The minimum atomic E-state index is -0.381. The zero-order chi connectivity index (χ0) is 24.2. The first-order chi connectivity index (χ1) is 17.2. The number of carbonyl (C=O) groups is 2. The van der Waals surface area contributed by atoms with Gasteiger partial charge in [-0.05, 0) is 55.9 Å². The van der Waals surface area contributed by atoms with Crippen molar-refractivity contribution < 1.29 is 14.3 Å². The van der Waals surface area contributed by atoms with Crippen molar-refractivity contribution in [3.8, 4) is 11.4 Å². The number of benzene rings is 2. The van der Waals surface area contributed by atoms with Gasteiger partial charge >= 0.3 is 5.97 Å². The topological polar surface area (TPSA) is 73.2 Å². The molecule has 184 valence electrons. The van der Waals surface area contributed by atoms with Crippen LogP contribution in [0.2, 0.25) is 0 Å². The van der Waals surface area contributed by atoms with Crippen LogP contribution in [0.25, 0.3) is 22.4 Å². The fourth-order valence-corrected chi connectivity index (χ4v) is 5.96. The van der Waals surface area contributed by atoms with Crippen LogP contribution in [-0.2, 0) is 9.53 Å². The lowest BCUT2D eigenvalue weighted by Gasteiger charge is -2.33. The van der Waals surface area contributed by atoms with E-state index in [0.29, 0.717) is 5.56 Å². The van der Waals surface area contributed by atoms with E-state index in [1.54, 1.807) is 6.07 Å². The van der Waals surface area contributed by atoms with Crippen molar-refractivity contribution in [2.24, 2.45) is 5.92 Å². The van der Waals surface area contributed by atoms with Crippen LogP contribution in [0, 0.1) is 5.92 Å². The van der Waals surface area contributed by atoms with Gasteiger partial charge in [-0.1, -0.05) is 62.8 Å². The molecule has 35 heavy (non-hydrogen) atoms. The third-order valence-electron chi connectivity index (χ3n) is 7.73. The molecule has 1 heterocycles. The number of hydrogen-bond acceptors (Lipinski definition) is 4. The first kappa shape index (κ1) is 23.6. The molecule has 0 saturated heterocycles. The smallest absolute Gasteiger partial charge is 0.337 e. The van der Waals surface area contributed by atoms with Gasteiger partial charge in [0.05, 0.1) is 23.7 Å². The molecular formula is C29H35N3O3. The number of fused-ring (bicyclic) bond motifs is 1. The monoisotopic (exact) mass is 473 g/mol. The van der Waals surface area contributed by atoms with E-state index < -0.39 is 0 Å². The molecule has 2 saturated carbocycles. The summed E-state index contributed by atoms with van der Waals surface area (Å²) in [6, 6.07) is 15.3. The fourth-order valence-electron chi connectivity index (χ4n) is 5.96. The van der Waals surface area contributed by atoms with E-state index in [1.165, 1.54) is 32.8 Å². The van der Waals surface area contributed by atoms with Gasteiger partial charge in [0, 0.05) is 11.6 Å². The van der Waals surface area contributed by atoms with Crippen LogP contribution in [0.1, 0.15) is 80.6 Å². The molecule has 6 nitrogen and oxygen atoms in total. The molecule has 0 aliphatic heterocycles. The molecule has 1 aromatic heterocycles. The van der Waals surface area contributed by atoms with E-state index in [2.05, 4.69) is 16.0 Å². The maximum atomic E-state index is 14.0. The predicted octanol–water partition coefficient (Wildman–Crippen LogP) is 6.06. The number of methoxy groups -OCH3 is 1. The Morgan fingerprint density at radius 1 is 0.943 bits per heavy atom. The number of nitrogens with one attached hydrogen (secondary N) is 1. The van der Waals surface area contributed by atoms with Crippen LogP contribution in [0.4, 0.5) is 0 Å². The third-order valence-corrected chi connectivity index (χ3v) is 7.73. The van der Waals surface area contributed by atoms with Gasteiger partial charge in [0.15, 0.2) is 0 Å². The highest BCUT2D eigenvalue weighted by atomic mass is 16.5. The van der Waals surface area contributed by atoms with Crippen LogP contribution >= 0.6 is 0 Å². The third kappa shape index (κ3) is 4.97. The van der Waals surface area contributed by atoms with Crippen LogP contribution in [0.5, 0.6) is 0 Å². The molecule has 2 aromatic carbocycles.